The molecule has 1 amide bonds. The maximum Gasteiger partial charge on any atom is 0.417 e. The van der Waals surface area contributed by atoms with Crippen molar-refractivity contribution in [2.45, 2.75) is 6.92 Å². The summed E-state index contributed by atoms with van der Waals surface area (Å²) < 4.78 is 4.90. The first-order valence-electron chi connectivity index (χ1n) is 5.01. The molecule has 1 aromatic carbocycles. The SMILES string of the molecule is CC(=O)NCC#Cc1ccc2[nH]c(=O)oc2c1. The molecule has 0 bridgehead atoms. The van der Waals surface area contributed by atoms with Gasteiger partial charge < -0.3 is 9.73 Å². The zero-order valence-corrected chi connectivity index (χ0v) is 9.16. The Morgan fingerprint density at radius 2 is 2.35 bits per heavy atom. The van der Waals surface area contributed by atoms with Crippen molar-refractivity contribution in [2.24, 2.45) is 0 Å². The number of hydrogen-bond acceptors (Lipinski definition) is 3. The third-order valence-corrected chi connectivity index (χ3v) is 2.08. The number of aromatic amines is 1. The molecule has 1 heterocycles. The molecule has 0 radical (unpaired) electrons. The van der Waals surface area contributed by atoms with Gasteiger partial charge in [0.15, 0.2) is 5.58 Å². The molecule has 0 aliphatic rings. The smallest absolute Gasteiger partial charge is 0.408 e. The van der Waals surface area contributed by atoms with Gasteiger partial charge in [-0.05, 0) is 18.2 Å². The molecule has 1 aromatic heterocycles. The lowest BCUT2D eigenvalue weighted by atomic mass is 10.2. The number of H-pyrrole nitrogens is 1. The summed E-state index contributed by atoms with van der Waals surface area (Å²) in [5, 5.41) is 2.56. The van der Waals surface area contributed by atoms with E-state index in [2.05, 4.69) is 22.1 Å². The van der Waals surface area contributed by atoms with Crippen LogP contribution in [0.15, 0.2) is 27.4 Å². The molecule has 0 aliphatic carbocycles. The number of hydrogen-bond donors (Lipinski definition) is 2. The third kappa shape index (κ3) is 2.75. The molecule has 0 atom stereocenters. The first-order valence-corrected chi connectivity index (χ1v) is 5.01. The van der Waals surface area contributed by atoms with E-state index in [9.17, 15) is 9.59 Å². The normalized spacial score (nSPS) is 9.71. The van der Waals surface area contributed by atoms with Crippen LogP contribution in [0.1, 0.15) is 12.5 Å². The molecule has 0 saturated heterocycles. The highest BCUT2D eigenvalue weighted by Crippen LogP contribution is 2.11. The highest BCUT2D eigenvalue weighted by atomic mass is 16.4. The van der Waals surface area contributed by atoms with Crippen LogP contribution in [0.4, 0.5) is 0 Å². The van der Waals surface area contributed by atoms with Crippen LogP contribution in [0.5, 0.6) is 0 Å². The molecule has 86 valence electrons. The standard InChI is InChI=1S/C12H10N2O3/c1-8(15)13-6-2-3-9-4-5-10-11(7-9)17-12(16)14-10/h4-5,7H,6H2,1H3,(H,13,15)(H,14,16). The molecule has 0 spiro atoms. The minimum Gasteiger partial charge on any atom is -0.408 e. The molecule has 0 unspecified atom stereocenters. The summed E-state index contributed by atoms with van der Waals surface area (Å²) >= 11 is 0. The van der Waals surface area contributed by atoms with E-state index in [0.717, 1.165) is 5.56 Å². The van der Waals surface area contributed by atoms with E-state index in [1.807, 2.05) is 0 Å². The van der Waals surface area contributed by atoms with Gasteiger partial charge in [-0.25, -0.2) is 4.79 Å². The van der Waals surface area contributed by atoms with Crippen LogP contribution < -0.4 is 11.1 Å². The van der Waals surface area contributed by atoms with Crippen molar-refractivity contribution in [2.75, 3.05) is 6.54 Å². The average molecular weight is 230 g/mol. The summed E-state index contributed by atoms with van der Waals surface area (Å²) in [6.07, 6.45) is 0. The van der Waals surface area contributed by atoms with Gasteiger partial charge in [-0.3, -0.25) is 9.78 Å². The lowest BCUT2D eigenvalue weighted by molar-refractivity contribution is -0.118. The van der Waals surface area contributed by atoms with E-state index in [1.54, 1.807) is 18.2 Å². The van der Waals surface area contributed by atoms with E-state index in [0.29, 0.717) is 17.6 Å². The van der Waals surface area contributed by atoms with Crippen LogP contribution in [0.25, 0.3) is 11.1 Å². The Kier molecular flexibility index (Phi) is 2.97. The van der Waals surface area contributed by atoms with E-state index >= 15 is 0 Å². The molecule has 5 heteroatoms. The first-order chi connectivity index (χ1) is 8.15. The van der Waals surface area contributed by atoms with Gasteiger partial charge in [-0.2, -0.15) is 0 Å². The summed E-state index contributed by atoms with van der Waals surface area (Å²) in [6, 6.07) is 5.17. The van der Waals surface area contributed by atoms with Gasteiger partial charge in [-0.15, -0.1) is 0 Å². The van der Waals surface area contributed by atoms with Crippen LogP contribution in [0, 0.1) is 11.8 Å². The Bertz CT molecular complexity index is 670. The minimum atomic E-state index is -0.483. The van der Waals surface area contributed by atoms with Crippen LogP contribution >= 0.6 is 0 Å². The topological polar surface area (TPSA) is 75.1 Å². The molecule has 2 rings (SSSR count). The van der Waals surface area contributed by atoms with E-state index in [1.165, 1.54) is 6.92 Å². The largest absolute Gasteiger partial charge is 0.417 e. The lowest BCUT2D eigenvalue weighted by Crippen LogP contribution is -2.19. The number of amides is 1. The number of fused-ring (bicyclic) bond motifs is 1. The van der Waals surface area contributed by atoms with Crippen LogP contribution in [0.3, 0.4) is 0 Å². The van der Waals surface area contributed by atoms with E-state index in [-0.39, 0.29) is 5.91 Å². The fraction of sp³-hybridized carbons (Fsp3) is 0.167. The highest BCUT2D eigenvalue weighted by Gasteiger charge is 1.99. The molecular formula is C12H10N2O3. The lowest BCUT2D eigenvalue weighted by Gasteiger charge is -1.92. The van der Waals surface area contributed by atoms with Gasteiger partial charge in [-0.1, -0.05) is 11.8 Å². The molecule has 0 fully saturated rings. The Hall–Kier alpha value is -2.48. The molecular weight excluding hydrogens is 220 g/mol. The number of benzene rings is 1. The van der Waals surface area contributed by atoms with E-state index < -0.39 is 5.76 Å². The van der Waals surface area contributed by atoms with Crippen molar-refractivity contribution < 1.29 is 9.21 Å². The predicted octanol–water partition coefficient (Wildman–Crippen LogP) is 0.609. The monoisotopic (exact) mass is 230 g/mol. The molecule has 0 aliphatic heterocycles. The van der Waals surface area contributed by atoms with Crippen molar-refractivity contribution >= 4 is 17.0 Å². The average Bonchev–Trinajstić information content (AvgIpc) is 2.63. The van der Waals surface area contributed by atoms with Crippen molar-refractivity contribution in [1.29, 1.82) is 0 Å². The summed E-state index contributed by atoms with van der Waals surface area (Å²) in [6.45, 7) is 1.73. The Morgan fingerprint density at radius 1 is 1.53 bits per heavy atom. The number of oxazole rings is 1. The highest BCUT2D eigenvalue weighted by molar-refractivity contribution is 5.74. The maximum atomic E-state index is 10.9. The zero-order chi connectivity index (χ0) is 12.3. The predicted molar refractivity (Wildman–Crippen MR) is 62.4 cm³/mol. The van der Waals surface area contributed by atoms with Crippen molar-refractivity contribution in [3.63, 3.8) is 0 Å². The molecule has 2 N–H and O–H groups in total. The van der Waals surface area contributed by atoms with Gasteiger partial charge in [0.1, 0.15) is 0 Å². The number of aromatic nitrogens is 1. The maximum absolute atomic E-state index is 10.9. The summed E-state index contributed by atoms with van der Waals surface area (Å²) in [5.41, 5.74) is 1.84. The van der Waals surface area contributed by atoms with Gasteiger partial charge in [0.2, 0.25) is 5.91 Å². The van der Waals surface area contributed by atoms with Crippen LogP contribution in [0.2, 0.25) is 0 Å². The summed E-state index contributed by atoms with van der Waals surface area (Å²) in [7, 11) is 0. The molecule has 5 nitrogen and oxygen atoms in total. The quantitative estimate of drug-likeness (QED) is 0.705. The zero-order valence-electron chi connectivity index (χ0n) is 9.16. The second kappa shape index (κ2) is 4.58. The second-order valence-electron chi connectivity index (χ2n) is 3.44. The fourth-order valence-electron chi connectivity index (χ4n) is 1.34. The number of carbonyl (C=O) groups excluding carboxylic acids is 1. The first kappa shape index (κ1) is 11.0. The van der Waals surface area contributed by atoms with Crippen molar-refractivity contribution in [1.82, 2.24) is 10.3 Å². The summed E-state index contributed by atoms with van der Waals surface area (Å²) in [4.78, 5) is 24.1. The van der Waals surface area contributed by atoms with Gasteiger partial charge in [0.05, 0.1) is 12.1 Å². The Labute approximate surface area is 96.8 Å². The van der Waals surface area contributed by atoms with Crippen LogP contribution in [-0.4, -0.2) is 17.4 Å². The Morgan fingerprint density at radius 3 is 3.12 bits per heavy atom. The van der Waals surface area contributed by atoms with E-state index in [4.69, 9.17) is 4.42 Å². The molecule has 17 heavy (non-hydrogen) atoms. The van der Waals surface area contributed by atoms with Gasteiger partial charge in [0.25, 0.3) is 0 Å². The van der Waals surface area contributed by atoms with Crippen molar-refractivity contribution in [3.8, 4) is 11.8 Å². The number of carbonyl (C=O) groups is 1. The molecule has 0 saturated carbocycles. The second-order valence-corrected chi connectivity index (χ2v) is 3.44. The number of rotatable bonds is 1. The van der Waals surface area contributed by atoms with Gasteiger partial charge >= 0.3 is 5.76 Å². The summed E-state index contributed by atoms with van der Waals surface area (Å²) in [5.74, 6) is 5.05. The van der Waals surface area contributed by atoms with Crippen LogP contribution in [-0.2, 0) is 4.79 Å². The minimum absolute atomic E-state index is 0.119. The molecule has 2 aromatic rings. The van der Waals surface area contributed by atoms with Crippen molar-refractivity contribution in [3.05, 3.63) is 34.3 Å². The fourth-order valence-corrected chi connectivity index (χ4v) is 1.34. The number of nitrogens with one attached hydrogen (secondary N) is 2. The third-order valence-electron chi connectivity index (χ3n) is 2.08. The Balaban J connectivity index is 2.18. The van der Waals surface area contributed by atoms with Gasteiger partial charge in [0, 0.05) is 12.5 Å².